The van der Waals surface area contributed by atoms with E-state index in [-0.39, 0.29) is 0 Å². The summed E-state index contributed by atoms with van der Waals surface area (Å²) in [4.78, 5) is 0. The van der Waals surface area contributed by atoms with Crippen molar-refractivity contribution in [1.82, 2.24) is 0 Å². The predicted molar refractivity (Wildman–Crippen MR) is 52.9 cm³/mol. The molecule has 1 aromatic carbocycles. The van der Waals surface area contributed by atoms with E-state index in [0.717, 1.165) is 18.8 Å². The third kappa shape index (κ3) is 1.83. The topological polar surface area (TPSA) is 35.2 Å². The van der Waals surface area contributed by atoms with Crippen molar-refractivity contribution in [2.75, 3.05) is 6.61 Å². The van der Waals surface area contributed by atoms with Crippen LogP contribution in [0, 0.1) is 0 Å². The van der Waals surface area contributed by atoms with E-state index in [9.17, 15) is 0 Å². The van der Waals surface area contributed by atoms with Gasteiger partial charge < -0.3 is 10.5 Å². The van der Waals surface area contributed by atoms with Crippen LogP contribution in [0.3, 0.4) is 0 Å². The highest BCUT2D eigenvalue weighted by Crippen LogP contribution is 2.39. The largest absolute Gasteiger partial charge is 0.494 e. The van der Waals surface area contributed by atoms with Crippen molar-refractivity contribution in [2.24, 2.45) is 5.73 Å². The zero-order chi connectivity index (χ0) is 9.26. The maximum atomic E-state index is 5.76. The molecule has 0 aliphatic heterocycles. The van der Waals surface area contributed by atoms with E-state index in [1.165, 1.54) is 5.56 Å². The highest BCUT2D eigenvalue weighted by Gasteiger charge is 2.34. The molecule has 0 saturated heterocycles. The van der Waals surface area contributed by atoms with Crippen molar-refractivity contribution in [1.29, 1.82) is 0 Å². The van der Waals surface area contributed by atoms with Crippen molar-refractivity contribution >= 4 is 0 Å². The molecule has 0 radical (unpaired) electrons. The maximum absolute atomic E-state index is 5.76. The molecule has 0 unspecified atom stereocenters. The van der Waals surface area contributed by atoms with Crippen molar-refractivity contribution < 1.29 is 4.74 Å². The summed E-state index contributed by atoms with van der Waals surface area (Å²) in [6.45, 7) is 2.72. The summed E-state index contributed by atoms with van der Waals surface area (Å²) in [6.07, 6.45) is 1.13. The zero-order valence-electron chi connectivity index (χ0n) is 7.86. The van der Waals surface area contributed by atoms with Crippen LogP contribution in [0.5, 0.6) is 5.75 Å². The number of nitrogens with two attached hydrogens (primary N) is 1. The van der Waals surface area contributed by atoms with Gasteiger partial charge in [0.2, 0.25) is 0 Å². The Morgan fingerprint density at radius 1 is 1.38 bits per heavy atom. The summed E-state index contributed by atoms with van der Waals surface area (Å²) in [5.41, 5.74) is 7.11. The van der Waals surface area contributed by atoms with Crippen molar-refractivity contribution in [3.05, 3.63) is 29.8 Å². The molecule has 0 bridgehead atoms. The second-order valence-electron chi connectivity index (χ2n) is 3.51. The molecular formula is C11H15NO. The molecule has 0 aromatic heterocycles. The molecule has 1 aliphatic rings. The van der Waals surface area contributed by atoms with Crippen LogP contribution in [0.1, 0.15) is 24.8 Å². The molecular weight excluding hydrogens is 162 g/mol. The minimum absolute atomic E-state index is 0.387. The van der Waals surface area contributed by atoms with Gasteiger partial charge in [-0.3, -0.25) is 0 Å². The Bertz CT molecular complexity index is 281. The summed E-state index contributed by atoms with van der Waals surface area (Å²) >= 11 is 0. The first-order chi connectivity index (χ1) is 6.31. The zero-order valence-corrected chi connectivity index (χ0v) is 7.86. The van der Waals surface area contributed by atoms with Crippen LogP contribution in [0.4, 0.5) is 0 Å². The molecule has 70 valence electrons. The number of rotatable bonds is 3. The van der Waals surface area contributed by atoms with Crippen LogP contribution in [0.15, 0.2) is 24.3 Å². The minimum Gasteiger partial charge on any atom is -0.494 e. The van der Waals surface area contributed by atoms with Crippen molar-refractivity contribution in [3.8, 4) is 5.75 Å². The van der Waals surface area contributed by atoms with Gasteiger partial charge in [0, 0.05) is 12.0 Å². The van der Waals surface area contributed by atoms with Gasteiger partial charge in [0.1, 0.15) is 5.75 Å². The molecule has 0 spiro atoms. The average molecular weight is 177 g/mol. The van der Waals surface area contributed by atoms with Crippen LogP contribution in [0.2, 0.25) is 0 Å². The fourth-order valence-corrected chi connectivity index (χ4v) is 1.58. The third-order valence-electron chi connectivity index (χ3n) is 2.46. The molecule has 1 aromatic rings. The van der Waals surface area contributed by atoms with Crippen LogP contribution in [-0.2, 0) is 0 Å². The minimum atomic E-state index is 0.387. The molecule has 2 atom stereocenters. The molecule has 2 heteroatoms. The fourth-order valence-electron chi connectivity index (χ4n) is 1.58. The van der Waals surface area contributed by atoms with Gasteiger partial charge in [-0.1, -0.05) is 12.1 Å². The van der Waals surface area contributed by atoms with E-state index in [0.29, 0.717) is 12.0 Å². The highest BCUT2D eigenvalue weighted by molar-refractivity contribution is 5.33. The Labute approximate surface area is 78.7 Å². The predicted octanol–water partition coefficient (Wildman–Crippen LogP) is 1.90. The molecule has 13 heavy (non-hydrogen) atoms. The molecule has 2 N–H and O–H groups in total. The quantitative estimate of drug-likeness (QED) is 0.765. The Hall–Kier alpha value is -1.02. The van der Waals surface area contributed by atoms with Crippen LogP contribution in [-0.4, -0.2) is 12.6 Å². The first kappa shape index (κ1) is 8.57. The first-order valence-corrected chi connectivity index (χ1v) is 4.79. The Morgan fingerprint density at radius 2 is 2.00 bits per heavy atom. The van der Waals surface area contributed by atoms with Gasteiger partial charge in [-0.2, -0.15) is 0 Å². The van der Waals surface area contributed by atoms with Crippen LogP contribution < -0.4 is 10.5 Å². The Balaban J connectivity index is 2.06. The molecule has 2 nitrogen and oxygen atoms in total. The smallest absolute Gasteiger partial charge is 0.119 e. The Kier molecular flexibility index (Phi) is 2.23. The monoisotopic (exact) mass is 177 g/mol. The summed E-state index contributed by atoms with van der Waals surface area (Å²) in [5.74, 6) is 1.54. The van der Waals surface area contributed by atoms with E-state index in [2.05, 4.69) is 12.1 Å². The van der Waals surface area contributed by atoms with E-state index < -0.39 is 0 Å². The lowest BCUT2D eigenvalue weighted by Gasteiger charge is -2.03. The maximum Gasteiger partial charge on any atom is 0.119 e. The molecule has 0 amide bonds. The van der Waals surface area contributed by atoms with Gasteiger partial charge in [-0.15, -0.1) is 0 Å². The van der Waals surface area contributed by atoms with Crippen molar-refractivity contribution in [2.45, 2.75) is 25.3 Å². The standard InChI is InChI=1S/C11H15NO/c1-2-13-9-5-3-8(4-6-9)10-7-11(10)12/h3-6,10-11H,2,7,12H2,1H3/t10-,11-/m1/s1. The van der Waals surface area contributed by atoms with E-state index in [1.54, 1.807) is 0 Å². The summed E-state index contributed by atoms with van der Waals surface area (Å²) in [5, 5.41) is 0. The molecule has 1 aliphatic carbocycles. The number of benzene rings is 1. The SMILES string of the molecule is CCOc1ccc([C@H]2C[C@H]2N)cc1. The number of hydrogen-bond donors (Lipinski definition) is 1. The summed E-state index contributed by atoms with van der Waals surface area (Å²) in [6, 6.07) is 8.65. The lowest BCUT2D eigenvalue weighted by Crippen LogP contribution is -2.00. The third-order valence-corrected chi connectivity index (χ3v) is 2.46. The molecule has 0 heterocycles. The van der Waals surface area contributed by atoms with Gasteiger partial charge in [-0.25, -0.2) is 0 Å². The summed E-state index contributed by atoms with van der Waals surface area (Å²) in [7, 11) is 0. The molecule has 2 rings (SSSR count). The second kappa shape index (κ2) is 3.38. The average Bonchev–Trinajstić information content (AvgIpc) is 2.85. The second-order valence-corrected chi connectivity index (χ2v) is 3.51. The van der Waals surface area contributed by atoms with Gasteiger partial charge in [-0.05, 0) is 31.0 Å². The van der Waals surface area contributed by atoms with Gasteiger partial charge >= 0.3 is 0 Å². The van der Waals surface area contributed by atoms with Crippen molar-refractivity contribution in [3.63, 3.8) is 0 Å². The van der Waals surface area contributed by atoms with Crippen LogP contribution >= 0.6 is 0 Å². The molecule has 1 fully saturated rings. The Morgan fingerprint density at radius 3 is 2.46 bits per heavy atom. The normalized spacial score (nSPS) is 25.7. The summed E-state index contributed by atoms with van der Waals surface area (Å²) < 4.78 is 5.36. The highest BCUT2D eigenvalue weighted by atomic mass is 16.5. The first-order valence-electron chi connectivity index (χ1n) is 4.79. The lowest BCUT2D eigenvalue weighted by molar-refractivity contribution is 0.340. The van der Waals surface area contributed by atoms with Crippen LogP contribution in [0.25, 0.3) is 0 Å². The van der Waals surface area contributed by atoms with E-state index >= 15 is 0 Å². The lowest BCUT2D eigenvalue weighted by atomic mass is 10.1. The van der Waals surface area contributed by atoms with Gasteiger partial charge in [0.15, 0.2) is 0 Å². The van der Waals surface area contributed by atoms with Gasteiger partial charge in [0.05, 0.1) is 6.61 Å². The molecule has 1 saturated carbocycles. The number of ether oxygens (including phenoxy) is 1. The van der Waals surface area contributed by atoms with E-state index in [1.807, 2.05) is 19.1 Å². The number of hydrogen-bond acceptors (Lipinski definition) is 2. The fraction of sp³-hybridized carbons (Fsp3) is 0.455. The van der Waals surface area contributed by atoms with Gasteiger partial charge in [0.25, 0.3) is 0 Å². The van der Waals surface area contributed by atoms with E-state index in [4.69, 9.17) is 10.5 Å².